The predicted octanol–water partition coefficient (Wildman–Crippen LogP) is 0.168. The van der Waals surface area contributed by atoms with Crippen molar-refractivity contribution < 1.29 is 19.5 Å². The van der Waals surface area contributed by atoms with E-state index in [0.29, 0.717) is 29.4 Å². The lowest BCUT2D eigenvalue weighted by Crippen LogP contribution is -2.39. The minimum absolute atomic E-state index is 0.148. The Morgan fingerprint density at radius 3 is 2.46 bits per heavy atom. The Labute approximate surface area is 148 Å². The number of thiophene rings is 1. The van der Waals surface area contributed by atoms with Crippen LogP contribution in [0.5, 0.6) is 0 Å². The Kier molecular flexibility index (Phi) is 4.80. The summed E-state index contributed by atoms with van der Waals surface area (Å²) in [5.41, 5.74) is 5.70. The minimum atomic E-state index is -0.833. The second-order valence-electron chi connectivity index (χ2n) is 6.18. The number of nitrogens with two attached hydrogens (primary N) is 1. The number of primary amides is 1. The molecule has 1 aliphatic carbocycles. The highest BCUT2D eigenvalue weighted by atomic mass is 35.5. The van der Waals surface area contributed by atoms with Gasteiger partial charge in [-0.1, -0.05) is 11.6 Å². The maximum absolute atomic E-state index is 12.5. The van der Waals surface area contributed by atoms with Crippen molar-refractivity contribution in [2.75, 3.05) is 26.2 Å². The Hall–Kier alpha value is -1.64. The molecule has 3 rings (SSSR count). The zero-order chi connectivity index (χ0) is 17.4. The number of aliphatic hydroxyl groups is 1. The number of amides is 3. The van der Waals surface area contributed by atoms with Gasteiger partial charge >= 0.3 is 0 Å². The third kappa shape index (κ3) is 3.55. The molecule has 1 unspecified atom stereocenters. The van der Waals surface area contributed by atoms with Gasteiger partial charge in [-0.25, -0.2) is 0 Å². The van der Waals surface area contributed by atoms with Crippen molar-refractivity contribution in [3.8, 4) is 0 Å². The van der Waals surface area contributed by atoms with Gasteiger partial charge in [0, 0.05) is 31.6 Å². The molecule has 3 amide bonds. The van der Waals surface area contributed by atoms with E-state index >= 15 is 0 Å². The topological polar surface area (TPSA) is 104 Å². The van der Waals surface area contributed by atoms with Crippen molar-refractivity contribution >= 4 is 40.7 Å². The van der Waals surface area contributed by atoms with Crippen molar-refractivity contribution in [2.45, 2.75) is 12.5 Å². The summed E-state index contributed by atoms with van der Waals surface area (Å²) in [4.78, 5) is 39.1. The largest absolute Gasteiger partial charge is 0.389 e. The highest BCUT2D eigenvalue weighted by Crippen LogP contribution is 2.39. The number of β-amino-alcohol motifs (C(OH)–C–C–N with tert-alkyl or cyclic N) is 1. The van der Waals surface area contributed by atoms with Gasteiger partial charge in [-0.15, -0.1) is 11.3 Å². The predicted molar refractivity (Wildman–Crippen MR) is 88.6 cm³/mol. The van der Waals surface area contributed by atoms with Crippen LogP contribution in [0.4, 0.5) is 0 Å². The summed E-state index contributed by atoms with van der Waals surface area (Å²) in [6.45, 7) is 0.944. The molecule has 1 aromatic heterocycles. The molecule has 3 atom stereocenters. The monoisotopic (exact) mass is 371 g/mol. The van der Waals surface area contributed by atoms with Gasteiger partial charge in [0.2, 0.25) is 11.8 Å². The van der Waals surface area contributed by atoms with Gasteiger partial charge in [-0.3, -0.25) is 14.4 Å². The van der Waals surface area contributed by atoms with Crippen molar-refractivity contribution in [3.05, 3.63) is 21.3 Å². The van der Waals surface area contributed by atoms with E-state index in [2.05, 4.69) is 0 Å². The van der Waals surface area contributed by atoms with Crippen LogP contribution < -0.4 is 5.73 Å². The van der Waals surface area contributed by atoms with Crippen LogP contribution in [-0.2, 0) is 9.59 Å². The van der Waals surface area contributed by atoms with E-state index in [0.717, 1.165) is 0 Å². The van der Waals surface area contributed by atoms with Crippen molar-refractivity contribution in [2.24, 2.45) is 17.6 Å². The van der Waals surface area contributed by atoms with Crippen LogP contribution in [0.2, 0.25) is 4.34 Å². The first-order chi connectivity index (χ1) is 11.4. The summed E-state index contributed by atoms with van der Waals surface area (Å²) < 4.78 is 0.525. The summed E-state index contributed by atoms with van der Waals surface area (Å²) in [5.74, 6) is -1.63. The van der Waals surface area contributed by atoms with Gasteiger partial charge in [-0.2, -0.15) is 0 Å². The van der Waals surface area contributed by atoms with Gasteiger partial charge in [0.1, 0.15) is 0 Å². The summed E-state index contributed by atoms with van der Waals surface area (Å²) in [5, 5.41) is 11.8. The average Bonchev–Trinajstić information content (AvgIpc) is 3.26. The fourth-order valence-electron chi connectivity index (χ4n) is 3.00. The van der Waals surface area contributed by atoms with Crippen molar-refractivity contribution in [3.63, 3.8) is 0 Å². The van der Waals surface area contributed by atoms with Gasteiger partial charge < -0.3 is 20.6 Å². The lowest BCUT2D eigenvalue weighted by atomic mass is 10.2. The number of hydrogen-bond acceptors (Lipinski definition) is 5. The van der Waals surface area contributed by atoms with Crippen LogP contribution >= 0.6 is 22.9 Å². The number of carbonyl (C=O) groups excluding carboxylic acids is 3. The molecule has 0 spiro atoms. The lowest BCUT2D eigenvalue weighted by Gasteiger charge is -2.21. The van der Waals surface area contributed by atoms with E-state index in [9.17, 15) is 19.5 Å². The van der Waals surface area contributed by atoms with Crippen LogP contribution in [0.15, 0.2) is 11.4 Å². The number of hydrogen-bond donors (Lipinski definition) is 2. The van der Waals surface area contributed by atoms with E-state index < -0.39 is 17.9 Å². The maximum Gasteiger partial charge on any atom is 0.254 e. The van der Waals surface area contributed by atoms with Gasteiger partial charge in [0.25, 0.3) is 5.91 Å². The number of rotatable bonds is 3. The lowest BCUT2D eigenvalue weighted by molar-refractivity contribution is -0.135. The molecule has 0 aromatic carbocycles. The van der Waals surface area contributed by atoms with E-state index in [1.165, 1.54) is 21.1 Å². The van der Waals surface area contributed by atoms with E-state index in [1.807, 2.05) is 0 Å². The van der Waals surface area contributed by atoms with Gasteiger partial charge in [0.05, 0.1) is 27.8 Å². The molecule has 2 fully saturated rings. The Morgan fingerprint density at radius 1 is 1.21 bits per heavy atom. The molecule has 0 radical (unpaired) electrons. The van der Waals surface area contributed by atoms with Crippen LogP contribution in [0, 0.1) is 11.8 Å². The van der Waals surface area contributed by atoms with Crippen molar-refractivity contribution in [1.82, 2.24) is 9.80 Å². The number of nitrogens with zero attached hydrogens (tertiary/aromatic N) is 2. The van der Waals surface area contributed by atoms with Crippen LogP contribution in [0.3, 0.4) is 0 Å². The average molecular weight is 372 g/mol. The quantitative estimate of drug-likeness (QED) is 0.790. The standard InChI is InChI=1S/C15H18ClN3O4S/c16-12-3-8(7-24-12)14(22)18-1-2-19(6-9(20)5-18)15(23)11-4-10(11)13(17)21/h3,7,9-11,20H,1-2,4-6H2,(H2,17,21)/t9?,10-,11+/m1/s1. The second kappa shape index (κ2) is 6.70. The SMILES string of the molecule is NC(=O)[C@@H]1C[C@@H]1C(=O)N1CCN(C(=O)c2csc(Cl)c2)CC(O)C1. The molecule has 24 heavy (non-hydrogen) atoms. The smallest absolute Gasteiger partial charge is 0.254 e. The number of aliphatic hydroxyl groups excluding tert-OH is 1. The fourth-order valence-corrected chi connectivity index (χ4v) is 3.85. The molecule has 1 saturated heterocycles. The molecule has 9 heteroatoms. The van der Waals surface area contributed by atoms with Gasteiger partial charge in [0.15, 0.2) is 0 Å². The Balaban J connectivity index is 1.64. The zero-order valence-electron chi connectivity index (χ0n) is 12.9. The second-order valence-corrected chi connectivity index (χ2v) is 7.72. The maximum atomic E-state index is 12.5. The first-order valence-corrected chi connectivity index (χ1v) is 8.92. The fraction of sp³-hybridized carbons (Fsp3) is 0.533. The number of carbonyl (C=O) groups is 3. The van der Waals surface area contributed by atoms with E-state index in [1.54, 1.807) is 11.4 Å². The molecule has 7 nitrogen and oxygen atoms in total. The molecule has 1 aliphatic heterocycles. The number of halogens is 1. The first kappa shape index (κ1) is 17.2. The summed E-state index contributed by atoms with van der Waals surface area (Å²) in [7, 11) is 0. The summed E-state index contributed by atoms with van der Waals surface area (Å²) in [6, 6.07) is 1.59. The highest BCUT2D eigenvalue weighted by Gasteiger charge is 2.49. The molecule has 130 valence electrons. The highest BCUT2D eigenvalue weighted by molar-refractivity contribution is 7.14. The third-order valence-electron chi connectivity index (χ3n) is 4.39. The molecule has 2 aliphatic rings. The van der Waals surface area contributed by atoms with Gasteiger partial charge in [-0.05, 0) is 12.5 Å². The first-order valence-electron chi connectivity index (χ1n) is 7.66. The molecular weight excluding hydrogens is 354 g/mol. The van der Waals surface area contributed by atoms with E-state index in [4.69, 9.17) is 17.3 Å². The third-order valence-corrected chi connectivity index (χ3v) is 5.48. The summed E-state index contributed by atoms with van der Waals surface area (Å²) in [6.07, 6.45) is -0.364. The molecule has 1 saturated carbocycles. The molecule has 2 heterocycles. The van der Waals surface area contributed by atoms with Crippen LogP contribution in [0.25, 0.3) is 0 Å². The van der Waals surface area contributed by atoms with Crippen LogP contribution in [-0.4, -0.2) is 64.9 Å². The summed E-state index contributed by atoms with van der Waals surface area (Å²) >= 11 is 7.13. The molecule has 1 aromatic rings. The minimum Gasteiger partial charge on any atom is -0.389 e. The zero-order valence-corrected chi connectivity index (χ0v) is 14.4. The van der Waals surface area contributed by atoms with Crippen LogP contribution in [0.1, 0.15) is 16.8 Å². The Bertz CT molecular complexity index is 679. The molecule has 0 bridgehead atoms. The van der Waals surface area contributed by atoms with E-state index in [-0.39, 0.29) is 30.8 Å². The van der Waals surface area contributed by atoms with Crippen molar-refractivity contribution in [1.29, 1.82) is 0 Å². The molecular formula is C15H18ClN3O4S. The molecule has 3 N–H and O–H groups in total. The Morgan fingerprint density at radius 2 is 1.88 bits per heavy atom. The normalized spacial score (nSPS) is 26.8.